The Kier molecular flexibility index (Phi) is 5.28. The van der Waals surface area contributed by atoms with E-state index in [1.54, 1.807) is 38.5 Å². The molecule has 0 aliphatic carbocycles. The highest BCUT2D eigenvalue weighted by atomic mass is 35.5. The molecule has 0 spiro atoms. The summed E-state index contributed by atoms with van der Waals surface area (Å²) in [6, 6.07) is 10.6. The van der Waals surface area contributed by atoms with Crippen LogP contribution in [-0.4, -0.2) is 26.5 Å². The molecule has 0 aliphatic heterocycles. The Morgan fingerprint density at radius 3 is 2.50 bits per heavy atom. The molecule has 116 valence electrons. The number of rotatable bonds is 6. The van der Waals surface area contributed by atoms with Crippen molar-refractivity contribution in [2.24, 2.45) is 0 Å². The largest absolute Gasteiger partial charge is 0.493 e. The summed E-state index contributed by atoms with van der Waals surface area (Å²) < 4.78 is 10.4. The predicted octanol–water partition coefficient (Wildman–Crippen LogP) is 3.96. The maximum absolute atomic E-state index is 12.3. The minimum atomic E-state index is -0.0414. The van der Waals surface area contributed by atoms with Gasteiger partial charge in [-0.3, -0.25) is 4.79 Å². The Hall–Kier alpha value is -2.20. The van der Waals surface area contributed by atoms with Crippen LogP contribution in [0, 0.1) is 6.92 Å². The fourth-order valence-corrected chi connectivity index (χ4v) is 2.24. The molecule has 0 aliphatic rings. The van der Waals surface area contributed by atoms with E-state index in [2.05, 4.69) is 5.32 Å². The van der Waals surface area contributed by atoms with E-state index in [1.165, 1.54) is 0 Å². The summed E-state index contributed by atoms with van der Waals surface area (Å²) in [4.78, 5) is 12.3. The molecule has 5 heteroatoms. The summed E-state index contributed by atoms with van der Waals surface area (Å²) in [6.45, 7) is 2.14. The van der Waals surface area contributed by atoms with Gasteiger partial charge in [0.05, 0.1) is 20.8 Å². The van der Waals surface area contributed by atoms with Crippen LogP contribution in [0.25, 0.3) is 0 Å². The van der Waals surface area contributed by atoms with Crippen LogP contribution in [0.1, 0.15) is 15.9 Å². The molecular weight excluding hydrogens is 302 g/mol. The molecule has 0 heterocycles. The molecule has 2 rings (SSSR count). The lowest BCUT2D eigenvalue weighted by atomic mass is 10.1. The molecule has 0 saturated carbocycles. The normalized spacial score (nSPS) is 10.2. The number of ether oxygens (including phenoxy) is 2. The van der Waals surface area contributed by atoms with E-state index < -0.39 is 0 Å². The standard InChI is InChI=1S/C17H18ClNO3/c1-11-4-6-13(18)9-14(11)19-10-15(20)12-5-7-16(21-2)17(8-12)22-3/h4-9,19H,10H2,1-3H3. The number of benzene rings is 2. The third-order valence-electron chi connectivity index (χ3n) is 3.34. The average molecular weight is 320 g/mol. The van der Waals surface area contributed by atoms with E-state index in [-0.39, 0.29) is 12.3 Å². The number of anilines is 1. The van der Waals surface area contributed by atoms with Gasteiger partial charge in [0.2, 0.25) is 0 Å². The van der Waals surface area contributed by atoms with Crippen molar-refractivity contribution >= 4 is 23.1 Å². The number of ketones is 1. The van der Waals surface area contributed by atoms with Crippen LogP contribution >= 0.6 is 11.6 Å². The second kappa shape index (κ2) is 7.18. The monoisotopic (exact) mass is 319 g/mol. The number of aryl methyl sites for hydroxylation is 1. The molecule has 0 radical (unpaired) electrons. The molecule has 0 amide bonds. The first kappa shape index (κ1) is 16.2. The number of hydrogen-bond acceptors (Lipinski definition) is 4. The zero-order chi connectivity index (χ0) is 16.1. The Bertz CT molecular complexity index is 686. The molecule has 2 aromatic carbocycles. The Morgan fingerprint density at radius 1 is 1.09 bits per heavy atom. The molecule has 0 saturated heterocycles. The van der Waals surface area contributed by atoms with E-state index in [0.29, 0.717) is 22.1 Å². The van der Waals surface area contributed by atoms with Crippen molar-refractivity contribution in [3.8, 4) is 11.5 Å². The molecule has 2 aromatic rings. The summed E-state index contributed by atoms with van der Waals surface area (Å²) in [5.74, 6) is 1.09. The minimum Gasteiger partial charge on any atom is -0.493 e. The molecule has 0 bridgehead atoms. The molecule has 0 aromatic heterocycles. The van der Waals surface area contributed by atoms with Crippen molar-refractivity contribution in [2.75, 3.05) is 26.1 Å². The lowest BCUT2D eigenvalue weighted by Crippen LogP contribution is -2.14. The minimum absolute atomic E-state index is 0.0414. The number of hydrogen-bond donors (Lipinski definition) is 1. The topological polar surface area (TPSA) is 47.6 Å². The van der Waals surface area contributed by atoms with Crippen LogP contribution in [-0.2, 0) is 0 Å². The zero-order valence-corrected chi connectivity index (χ0v) is 13.5. The molecule has 0 atom stereocenters. The van der Waals surface area contributed by atoms with Gasteiger partial charge in [0.1, 0.15) is 0 Å². The average Bonchev–Trinajstić information content (AvgIpc) is 2.54. The van der Waals surface area contributed by atoms with Gasteiger partial charge >= 0.3 is 0 Å². The number of nitrogens with one attached hydrogen (secondary N) is 1. The van der Waals surface area contributed by atoms with Crippen LogP contribution < -0.4 is 14.8 Å². The first-order valence-corrected chi connectivity index (χ1v) is 7.18. The third-order valence-corrected chi connectivity index (χ3v) is 3.58. The van der Waals surface area contributed by atoms with E-state index in [0.717, 1.165) is 11.3 Å². The number of carbonyl (C=O) groups excluding carboxylic acids is 1. The Labute approximate surface area is 135 Å². The summed E-state index contributed by atoms with van der Waals surface area (Å²) in [5.41, 5.74) is 2.44. The van der Waals surface area contributed by atoms with Crippen molar-refractivity contribution in [1.29, 1.82) is 0 Å². The maximum atomic E-state index is 12.3. The van der Waals surface area contributed by atoms with Gasteiger partial charge in [0.15, 0.2) is 17.3 Å². The quantitative estimate of drug-likeness (QED) is 0.819. The van der Waals surface area contributed by atoms with Gasteiger partial charge in [-0.05, 0) is 42.8 Å². The second-order valence-corrected chi connectivity index (χ2v) is 5.24. The van der Waals surface area contributed by atoms with Gasteiger partial charge in [-0.25, -0.2) is 0 Å². The van der Waals surface area contributed by atoms with E-state index in [9.17, 15) is 4.79 Å². The summed E-state index contributed by atoms with van der Waals surface area (Å²) in [6.07, 6.45) is 0. The van der Waals surface area contributed by atoms with Crippen molar-refractivity contribution in [1.82, 2.24) is 0 Å². The van der Waals surface area contributed by atoms with Crippen LogP contribution in [0.4, 0.5) is 5.69 Å². The van der Waals surface area contributed by atoms with E-state index >= 15 is 0 Å². The van der Waals surface area contributed by atoms with Crippen molar-refractivity contribution in [3.05, 3.63) is 52.5 Å². The van der Waals surface area contributed by atoms with Crippen LogP contribution in [0.3, 0.4) is 0 Å². The van der Waals surface area contributed by atoms with E-state index in [4.69, 9.17) is 21.1 Å². The number of carbonyl (C=O) groups is 1. The molecule has 22 heavy (non-hydrogen) atoms. The molecule has 4 nitrogen and oxygen atoms in total. The lowest BCUT2D eigenvalue weighted by Gasteiger charge is -2.11. The number of methoxy groups -OCH3 is 2. The highest BCUT2D eigenvalue weighted by Crippen LogP contribution is 2.28. The lowest BCUT2D eigenvalue weighted by molar-refractivity contribution is 0.101. The van der Waals surface area contributed by atoms with Crippen LogP contribution in [0.2, 0.25) is 5.02 Å². The smallest absolute Gasteiger partial charge is 0.181 e. The van der Waals surface area contributed by atoms with Gasteiger partial charge in [-0.15, -0.1) is 0 Å². The second-order valence-electron chi connectivity index (χ2n) is 4.81. The summed E-state index contributed by atoms with van der Waals surface area (Å²) in [7, 11) is 3.10. The molecule has 1 N–H and O–H groups in total. The predicted molar refractivity (Wildman–Crippen MR) is 88.6 cm³/mol. The highest BCUT2D eigenvalue weighted by Gasteiger charge is 2.11. The van der Waals surface area contributed by atoms with Crippen LogP contribution in [0.15, 0.2) is 36.4 Å². The zero-order valence-electron chi connectivity index (χ0n) is 12.8. The number of Topliss-reactive ketones (excluding diaryl/α,β-unsaturated/α-hetero) is 1. The first-order valence-electron chi connectivity index (χ1n) is 6.80. The molecule has 0 fully saturated rings. The van der Waals surface area contributed by atoms with Gasteiger partial charge in [0.25, 0.3) is 0 Å². The van der Waals surface area contributed by atoms with Crippen LogP contribution in [0.5, 0.6) is 11.5 Å². The Balaban J connectivity index is 2.11. The third kappa shape index (κ3) is 3.71. The maximum Gasteiger partial charge on any atom is 0.181 e. The molecule has 0 unspecified atom stereocenters. The van der Waals surface area contributed by atoms with Crippen molar-refractivity contribution in [3.63, 3.8) is 0 Å². The highest BCUT2D eigenvalue weighted by molar-refractivity contribution is 6.30. The fraction of sp³-hybridized carbons (Fsp3) is 0.235. The Morgan fingerprint density at radius 2 is 1.82 bits per heavy atom. The van der Waals surface area contributed by atoms with E-state index in [1.807, 2.05) is 19.1 Å². The van der Waals surface area contributed by atoms with Gasteiger partial charge in [0, 0.05) is 16.3 Å². The first-order chi connectivity index (χ1) is 10.5. The SMILES string of the molecule is COc1ccc(C(=O)CNc2cc(Cl)ccc2C)cc1OC. The van der Waals surface area contributed by atoms with Gasteiger partial charge < -0.3 is 14.8 Å². The summed E-state index contributed by atoms with van der Waals surface area (Å²) >= 11 is 5.97. The summed E-state index contributed by atoms with van der Waals surface area (Å²) in [5, 5.41) is 3.74. The fourth-order valence-electron chi connectivity index (χ4n) is 2.07. The molecular formula is C17H18ClNO3. The van der Waals surface area contributed by atoms with Gasteiger partial charge in [-0.2, -0.15) is 0 Å². The van der Waals surface area contributed by atoms with Gasteiger partial charge in [-0.1, -0.05) is 17.7 Å². The van der Waals surface area contributed by atoms with Crippen molar-refractivity contribution < 1.29 is 14.3 Å². The number of halogens is 1. The van der Waals surface area contributed by atoms with Crippen molar-refractivity contribution in [2.45, 2.75) is 6.92 Å².